The maximum absolute atomic E-state index is 13.1. The molecular formula is C11H13F2N. The van der Waals surface area contributed by atoms with E-state index in [4.69, 9.17) is 5.73 Å². The Kier molecular flexibility index (Phi) is 2.27. The number of nitrogens with two attached hydrogens (primary N) is 1. The van der Waals surface area contributed by atoms with Crippen LogP contribution in [-0.2, 0) is 6.54 Å². The second-order valence-corrected chi connectivity index (χ2v) is 3.80. The third-order valence-corrected chi connectivity index (χ3v) is 2.87. The van der Waals surface area contributed by atoms with E-state index in [2.05, 4.69) is 0 Å². The molecule has 14 heavy (non-hydrogen) atoms. The standard InChI is InChI=1S/C11H13F2N/c12-11(13)5-4-10(11)9-3-1-2-8(6-9)7-14/h1-3,6,10H,4-5,7,14H2. The molecule has 0 aliphatic heterocycles. The Morgan fingerprint density at radius 3 is 2.71 bits per heavy atom. The number of alkyl halides is 2. The minimum atomic E-state index is -2.51. The van der Waals surface area contributed by atoms with E-state index >= 15 is 0 Å². The molecule has 1 atom stereocenters. The van der Waals surface area contributed by atoms with Crippen molar-refractivity contribution in [2.45, 2.75) is 31.2 Å². The van der Waals surface area contributed by atoms with E-state index in [1.807, 2.05) is 6.07 Å². The van der Waals surface area contributed by atoms with Crippen LogP contribution in [0.15, 0.2) is 24.3 Å². The van der Waals surface area contributed by atoms with Crippen molar-refractivity contribution in [3.05, 3.63) is 35.4 Å². The van der Waals surface area contributed by atoms with Gasteiger partial charge < -0.3 is 5.73 Å². The molecule has 0 radical (unpaired) electrons. The molecule has 3 heteroatoms. The van der Waals surface area contributed by atoms with Crippen LogP contribution in [0.4, 0.5) is 8.78 Å². The number of halogens is 2. The first-order valence-electron chi connectivity index (χ1n) is 4.80. The lowest BCUT2D eigenvalue weighted by atomic mass is 9.76. The molecular weight excluding hydrogens is 184 g/mol. The Bertz CT molecular complexity index is 336. The van der Waals surface area contributed by atoms with Gasteiger partial charge in [-0.2, -0.15) is 0 Å². The molecule has 1 aromatic rings. The molecule has 76 valence electrons. The van der Waals surface area contributed by atoms with Crippen molar-refractivity contribution in [1.29, 1.82) is 0 Å². The van der Waals surface area contributed by atoms with E-state index in [-0.39, 0.29) is 6.42 Å². The van der Waals surface area contributed by atoms with Gasteiger partial charge in [-0.15, -0.1) is 0 Å². The van der Waals surface area contributed by atoms with Gasteiger partial charge in [0.2, 0.25) is 0 Å². The first-order valence-corrected chi connectivity index (χ1v) is 4.80. The van der Waals surface area contributed by atoms with Crippen LogP contribution < -0.4 is 5.73 Å². The summed E-state index contributed by atoms with van der Waals surface area (Å²) < 4.78 is 26.2. The second-order valence-electron chi connectivity index (χ2n) is 3.80. The zero-order valence-electron chi connectivity index (χ0n) is 7.84. The van der Waals surface area contributed by atoms with E-state index < -0.39 is 11.8 Å². The maximum Gasteiger partial charge on any atom is 0.254 e. The minimum Gasteiger partial charge on any atom is -0.326 e. The summed E-state index contributed by atoms with van der Waals surface area (Å²) in [4.78, 5) is 0. The van der Waals surface area contributed by atoms with Crippen LogP contribution in [0.25, 0.3) is 0 Å². The predicted octanol–water partition coefficient (Wildman–Crippen LogP) is 2.66. The Labute approximate surface area is 81.9 Å². The van der Waals surface area contributed by atoms with Gasteiger partial charge in [0.1, 0.15) is 0 Å². The fourth-order valence-corrected chi connectivity index (χ4v) is 1.85. The van der Waals surface area contributed by atoms with Crippen LogP contribution in [0.2, 0.25) is 0 Å². The van der Waals surface area contributed by atoms with Crippen molar-refractivity contribution in [3.8, 4) is 0 Å². The normalized spacial score (nSPS) is 24.4. The van der Waals surface area contributed by atoms with E-state index in [9.17, 15) is 8.78 Å². The van der Waals surface area contributed by atoms with E-state index in [0.29, 0.717) is 13.0 Å². The van der Waals surface area contributed by atoms with Crippen molar-refractivity contribution in [3.63, 3.8) is 0 Å². The summed E-state index contributed by atoms with van der Waals surface area (Å²) in [5.74, 6) is -3.10. The molecule has 2 rings (SSSR count). The highest BCUT2D eigenvalue weighted by molar-refractivity contribution is 5.29. The van der Waals surface area contributed by atoms with Gasteiger partial charge in [0.25, 0.3) is 5.92 Å². The van der Waals surface area contributed by atoms with Crippen LogP contribution in [0, 0.1) is 0 Å². The van der Waals surface area contributed by atoms with Crippen LogP contribution in [0.3, 0.4) is 0 Å². The third-order valence-electron chi connectivity index (χ3n) is 2.87. The molecule has 0 saturated heterocycles. The van der Waals surface area contributed by atoms with Crippen molar-refractivity contribution < 1.29 is 8.78 Å². The molecule has 1 aliphatic rings. The summed E-state index contributed by atoms with van der Waals surface area (Å²) in [6.45, 7) is 0.409. The molecule has 1 unspecified atom stereocenters. The summed E-state index contributed by atoms with van der Waals surface area (Å²) in [7, 11) is 0. The Morgan fingerprint density at radius 1 is 1.43 bits per heavy atom. The molecule has 1 aliphatic carbocycles. The molecule has 0 aromatic heterocycles. The summed E-state index contributed by atoms with van der Waals surface area (Å²) >= 11 is 0. The first-order chi connectivity index (χ1) is 6.63. The molecule has 0 spiro atoms. The van der Waals surface area contributed by atoms with Gasteiger partial charge in [-0.05, 0) is 17.5 Å². The van der Waals surface area contributed by atoms with Crippen molar-refractivity contribution in [2.24, 2.45) is 5.73 Å². The zero-order valence-corrected chi connectivity index (χ0v) is 7.84. The molecule has 1 aromatic carbocycles. The van der Waals surface area contributed by atoms with Gasteiger partial charge in [0.15, 0.2) is 0 Å². The maximum atomic E-state index is 13.1. The van der Waals surface area contributed by atoms with Gasteiger partial charge in [-0.25, -0.2) is 8.78 Å². The summed E-state index contributed by atoms with van der Waals surface area (Å²) in [5.41, 5.74) is 7.11. The largest absolute Gasteiger partial charge is 0.326 e. The van der Waals surface area contributed by atoms with Gasteiger partial charge in [-0.1, -0.05) is 24.3 Å². The zero-order chi connectivity index (χ0) is 10.2. The molecule has 2 N–H and O–H groups in total. The van der Waals surface area contributed by atoms with E-state index in [1.54, 1.807) is 18.2 Å². The van der Waals surface area contributed by atoms with Crippen molar-refractivity contribution in [1.82, 2.24) is 0 Å². The predicted molar refractivity (Wildman–Crippen MR) is 51.3 cm³/mol. The first kappa shape index (κ1) is 9.59. The fourth-order valence-electron chi connectivity index (χ4n) is 1.85. The third kappa shape index (κ3) is 1.52. The number of rotatable bonds is 2. The van der Waals surface area contributed by atoms with Crippen LogP contribution in [0.5, 0.6) is 0 Å². The SMILES string of the molecule is NCc1cccc(C2CCC2(F)F)c1. The smallest absolute Gasteiger partial charge is 0.254 e. The number of hydrogen-bond donors (Lipinski definition) is 1. The molecule has 1 nitrogen and oxygen atoms in total. The lowest BCUT2D eigenvalue weighted by Crippen LogP contribution is -2.36. The van der Waals surface area contributed by atoms with Crippen LogP contribution >= 0.6 is 0 Å². The van der Waals surface area contributed by atoms with Crippen molar-refractivity contribution >= 4 is 0 Å². The highest BCUT2D eigenvalue weighted by atomic mass is 19.3. The molecule has 1 saturated carbocycles. The highest BCUT2D eigenvalue weighted by Crippen LogP contribution is 2.49. The van der Waals surface area contributed by atoms with Gasteiger partial charge in [-0.3, -0.25) is 0 Å². The quantitative estimate of drug-likeness (QED) is 0.775. The molecule has 0 amide bonds. The average molecular weight is 197 g/mol. The number of benzene rings is 1. The fraction of sp³-hybridized carbons (Fsp3) is 0.455. The van der Waals surface area contributed by atoms with Gasteiger partial charge in [0.05, 0.1) is 0 Å². The summed E-state index contributed by atoms with van der Waals surface area (Å²) in [6.07, 6.45) is 0.603. The Morgan fingerprint density at radius 2 is 2.21 bits per heavy atom. The highest BCUT2D eigenvalue weighted by Gasteiger charge is 2.48. The Hall–Kier alpha value is -0.960. The summed E-state index contributed by atoms with van der Waals surface area (Å²) in [5, 5.41) is 0. The van der Waals surface area contributed by atoms with E-state index in [0.717, 1.165) is 11.1 Å². The lowest BCUT2D eigenvalue weighted by Gasteiger charge is -2.36. The van der Waals surface area contributed by atoms with Gasteiger partial charge in [0, 0.05) is 18.9 Å². The topological polar surface area (TPSA) is 26.0 Å². The van der Waals surface area contributed by atoms with Crippen molar-refractivity contribution in [2.75, 3.05) is 0 Å². The van der Waals surface area contributed by atoms with Crippen LogP contribution in [0.1, 0.15) is 29.9 Å². The average Bonchev–Trinajstić information content (AvgIpc) is 2.17. The monoisotopic (exact) mass is 197 g/mol. The molecule has 1 fully saturated rings. The minimum absolute atomic E-state index is 0.0184. The summed E-state index contributed by atoms with van der Waals surface area (Å²) in [6, 6.07) is 7.21. The van der Waals surface area contributed by atoms with Gasteiger partial charge >= 0.3 is 0 Å². The van der Waals surface area contributed by atoms with E-state index in [1.165, 1.54) is 0 Å². The molecule has 0 heterocycles. The number of hydrogen-bond acceptors (Lipinski definition) is 1. The molecule has 0 bridgehead atoms. The lowest BCUT2D eigenvalue weighted by molar-refractivity contribution is -0.0962. The second kappa shape index (κ2) is 3.31. The Balaban J connectivity index is 2.24. The van der Waals surface area contributed by atoms with Crippen LogP contribution in [-0.4, -0.2) is 5.92 Å².